The summed E-state index contributed by atoms with van der Waals surface area (Å²) in [7, 11) is 0. The van der Waals surface area contributed by atoms with E-state index in [1.807, 2.05) is 6.07 Å². The molecule has 0 heterocycles. The zero-order valence-electron chi connectivity index (χ0n) is 14.9. The first-order valence-electron chi connectivity index (χ1n) is 9.14. The zero-order valence-corrected chi connectivity index (χ0v) is 14.9. The van der Waals surface area contributed by atoms with Gasteiger partial charge in [0, 0.05) is 6.61 Å². The van der Waals surface area contributed by atoms with Crippen LogP contribution in [-0.2, 0) is 11.2 Å². The number of unbranched alkanes of at least 4 members (excludes halogenated alkanes) is 1. The summed E-state index contributed by atoms with van der Waals surface area (Å²) in [6.45, 7) is 5.23. The minimum atomic E-state index is 0.666. The first-order valence-corrected chi connectivity index (χ1v) is 9.14. The van der Waals surface area contributed by atoms with Crippen LogP contribution < -0.4 is 10.5 Å². The number of allylic oxidation sites excluding steroid dienone is 2. The van der Waals surface area contributed by atoms with Crippen molar-refractivity contribution in [2.75, 3.05) is 26.4 Å². The summed E-state index contributed by atoms with van der Waals surface area (Å²) < 4.78 is 11.6. The SMILES string of the molecule is CC1C=CC(COCCCCOc2cccc(CCCN)c2)=CC1. The van der Waals surface area contributed by atoms with Crippen molar-refractivity contribution in [2.45, 2.75) is 39.0 Å². The number of benzene rings is 1. The Bertz CT molecular complexity index is 536. The van der Waals surface area contributed by atoms with E-state index in [0.29, 0.717) is 5.92 Å². The molecule has 1 atom stereocenters. The van der Waals surface area contributed by atoms with Gasteiger partial charge in [-0.25, -0.2) is 0 Å². The molecule has 0 bridgehead atoms. The molecule has 0 saturated carbocycles. The molecular formula is C21H31NO2. The van der Waals surface area contributed by atoms with Gasteiger partial charge in [0.25, 0.3) is 0 Å². The van der Waals surface area contributed by atoms with Crippen LogP contribution in [0.4, 0.5) is 0 Å². The summed E-state index contributed by atoms with van der Waals surface area (Å²) in [5.74, 6) is 1.62. The van der Waals surface area contributed by atoms with E-state index in [-0.39, 0.29) is 0 Å². The van der Waals surface area contributed by atoms with Crippen LogP contribution in [0.2, 0.25) is 0 Å². The minimum Gasteiger partial charge on any atom is -0.494 e. The van der Waals surface area contributed by atoms with Crippen molar-refractivity contribution in [3.05, 3.63) is 53.6 Å². The minimum absolute atomic E-state index is 0.666. The Morgan fingerprint density at radius 2 is 2.04 bits per heavy atom. The maximum absolute atomic E-state index is 5.83. The van der Waals surface area contributed by atoms with Gasteiger partial charge in [0.2, 0.25) is 0 Å². The van der Waals surface area contributed by atoms with Crippen molar-refractivity contribution >= 4 is 0 Å². The molecule has 132 valence electrons. The average molecular weight is 329 g/mol. The molecule has 0 radical (unpaired) electrons. The fourth-order valence-corrected chi connectivity index (χ4v) is 2.66. The lowest BCUT2D eigenvalue weighted by molar-refractivity contribution is 0.148. The molecule has 2 N–H and O–H groups in total. The fraction of sp³-hybridized carbons (Fsp3) is 0.524. The van der Waals surface area contributed by atoms with Crippen molar-refractivity contribution in [2.24, 2.45) is 11.7 Å². The highest BCUT2D eigenvalue weighted by molar-refractivity contribution is 5.28. The molecular weight excluding hydrogens is 298 g/mol. The average Bonchev–Trinajstić information content (AvgIpc) is 2.61. The topological polar surface area (TPSA) is 44.5 Å². The second-order valence-electron chi connectivity index (χ2n) is 6.50. The predicted molar refractivity (Wildman–Crippen MR) is 100 cm³/mol. The molecule has 1 aliphatic rings. The molecule has 24 heavy (non-hydrogen) atoms. The number of aryl methyl sites for hydroxylation is 1. The highest BCUT2D eigenvalue weighted by Gasteiger charge is 2.03. The van der Waals surface area contributed by atoms with Crippen LogP contribution in [-0.4, -0.2) is 26.4 Å². The summed E-state index contributed by atoms with van der Waals surface area (Å²) >= 11 is 0. The first kappa shape index (κ1) is 18.8. The van der Waals surface area contributed by atoms with Crippen LogP contribution in [0.25, 0.3) is 0 Å². The summed E-state index contributed by atoms with van der Waals surface area (Å²) in [5.41, 5.74) is 8.16. The maximum Gasteiger partial charge on any atom is 0.119 e. The highest BCUT2D eigenvalue weighted by atomic mass is 16.5. The van der Waals surface area contributed by atoms with E-state index < -0.39 is 0 Å². The fourth-order valence-electron chi connectivity index (χ4n) is 2.66. The van der Waals surface area contributed by atoms with Gasteiger partial charge in [-0.2, -0.15) is 0 Å². The van der Waals surface area contributed by atoms with Crippen LogP contribution in [0.3, 0.4) is 0 Å². The molecule has 3 nitrogen and oxygen atoms in total. The monoisotopic (exact) mass is 329 g/mol. The number of ether oxygens (including phenoxy) is 2. The first-order chi connectivity index (χ1) is 11.8. The molecule has 1 aromatic rings. The third-order valence-corrected chi connectivity index (χ3v) is 4.18. The molecule has 0 spiro atoms. The van der Waals surface area contributed by atoms with Gasteiger partial charge in [0.15, 0.2) is 0 Å². The van der Waals surface area contributed by atoms with Gasteiger partial charge in [0.05, 0.1) is 13.2 Å². The normalized spacial score (nSPS) is 16.9. The van der Waals surface area contributed by atoms with E-state index in [1.54, 1.807) is 0 Å². The highest BCUT2D eigenvalue weighted by Crippen LogP contribution is 2.16. The Balaban J connectivity index is 1.53. The van der Waals surface area contributed by atoms with E-state index in [4.69, 9.17) is 15.2 Å². The lowest BCUT2D eigenvalue weighted by Gasteiger charge is -2.12. The van der Waals surface area contributed by atoms with E-state index in [2.05, 4.69) is 43.4 Å². The third kappa shape index (κ3) is 7.33. The van der Waals surface area contributed by atoms with Crippen LogP contribution in [0.5, 0.6) is 5.75 Å². The lowest BCUT2D eigenvalue weighted by Crippen LogP contribution is -2.05. The second kappa shape index (κ2) is 11.1. The molecule has 0 aromatic heterocycles. The Hall–Kier alpha value is -1.58. The van der Waals surface area contributed by atoms with Crippen LogP contribution in [0, 0.1) is 5.92 Å². The molecule has 2 rings (SSSR count). The molecule has 3 heteroatoms. The van der Waals surface area contributed by atoms with Crippen LogP contribution >= 0.6 is 0 Å². The van der Waals surface area contributed by atoms with Gasteiger partial charge in [-0.3, -0.25) is 0 Å². The van der Waals surface area contributed by atoms with E-state index in [1.165, 1.54) is 11.1 Å². The summed E-state index contributed by atoms with van der Waals surface area (Å²) in [6, 6.07) is 8.32. The third-order valence-electron chi connectivity index (χ3n) is 4.18. The van der Waals surface area contributed by atoms with E-state index in [9.17, 15) is 0 Å². The van der Waals surface area contributed by atoms with Gasteiger partial charge in [-0.1, -0.05) is 37.3 Å². The Morgan fingerprint density at radius 3 is 2.83 bits per heavy atom. The quantitative estimate of drug-likeness (QED) is 0.616. The Morgan fingerprint density at radius 1 is 1.17 bits per heavy atom. The summed E-state index contributed by atoms with van der Waals surface area (Å²) in [5, 5.41) is 0. The van der Waals surface area contributed by atoms with E-state index in [0.717, 1.165) is 64.2 Å². The molecule has 1 unspecified atom stereocenters. The smallest absolute Gasteiger partial charge is 0.119 e. The lowest BCUT2D eigenvalue weighted by atomic mass is 9.99. The number of hydrogen-bond donors (Lipinski definition) is 1. The van der Waals surface area contributed by atoms with Gasteiger partial charge < -0.3 is 15.2 Å². The van der Waals surface area contributed by atoms with Crippen molar-refractivity contribution in [3.8, 4) is 5.75 Å². The predicted octanol–water partition coefficient (Wildman–Crippen LogP) is 4.28. The van der Waals surface area contributed by atoms with Crippen molar-refractivity contribution in [3.63, 3.8) is 0 Å². The molecule has 1 aliphatic carbocycles. The molecule has 0 saturated heterocycles. The molecule has 0 aliphatic heterocycles. The largest absolute Gasteiger partial charge is 0.494 e. The number of rotatable bonds is 11. The summed E-state index contributed by atoms with van der Waals surface area (Å²) in [6.07, 6.45) is 11.9. The van der Waals surface area contributed by atoms with Crippen LogP contribution in [0.15, 0.2) is 48.1 Å². The van der Waals surface area contributed by atoms with Gasteiger partial charge in [0.1, 0.15) is 5.75 Å². The van der Waals surface area contributed by atoms with Gasteiger partial charge >= 0.3 is 0 Å². The van der Waals surface area contributed by atoms with Crippen molar-refractivity contribution < 1.29 is 9.47 Å². The van der Waals surface area contributed by atoms with Gasteiger partial charge in [-0.05, 0) is 67.8 Å². The molecule has 0 fully saturated rings. The maximum atomic E-state index is 5.83. The van der Waals surface area contributed by atoms with Gasteiger partial charge in [-0.15, -0.1) is 0 Å². The molecule has 1 aromatic carbocycles. The Kier molecular flexibility index (Phi) is 8.64. The van der Waals surface area contributed by atoms with Crippen LogP contribution in [0.1, 0.15) is 38.2 Å². The molecule has 0 amide bonds. The number of nitrogens with two attached hydrogens (primary N) is 1. The summed E-state index contributed by atoms with van der Waals surface area (Å²) in [4.78, 5) is 0. The number of hydrogen-bond acceptors (Lipinski definition) is 3. The zero-order chi connectivity index (χ0) is 17.0. The van der Waals surface area contributed by atoms with Crippen molar-refractivity contribution in [1.29, 1.82) is 0 Å². The van der Waals surface area contributed by atoms with Crippen molar-refractivity contribution in [1.82, 2.24) is 0 Å². The van der Waals surface area contributed by atoms with E-state index >= 15 is 0 Å². The standard InChI is InChI=1S/C21H31NO2/c1-18-9-11-20(12-10-18)17-23-14-2-3-15-24-21-8-4-6-19(16-21)7-5-13-22/h4,6,8-9,11-12,16,18H,2-3,5,7,10,13-15,17,22H2,1H3. The second-order valence-corrected chi connectivity index (χ2v) is 6.50. The Labute approximate surface area is 146 Å².